The lowest BCUT2D eigenvalue weighted by atomic mass is 10.1. The Morgan fingerprint density at radius 3 is 2.20 bits per heavy atom. The van der Waals surface area contributed by atoms with E-state index >= 15 is 0 Å². The lowest BCUT2D eigenvalue weighted by Gasteiger charge is -2.20. The topological polar surface area (TPSA) is 116 Å². The fourth-order valence-electron chi connectivity index (χ4n) is 3.91. The summed E-state index contributed by atoms with van der Waals surface area (Å²) < 4.78 is 1.53. The van der Waals surface area contributed by atoms with E-state index < -0.39 is 6.04 Å². The maximum Gasteiger partial charge on any atom is 0.329 e. The van der Waals surface area contributed by atoms with Crippen LogP contribution in [-0.2, 0) is 11.8 Å². The van der Waals surface area contributed by atoms with Crippen LogP contribution in [0.25, 0.3) is 0 Å². The van der Waals surface area contributed by atoms with E-state index in [-0.39, 0.29) is 17.2 Å². The quantitative estimate of drug-likeness (QED) is 0.412. The van der Waals surface area contributed by atoms with Gasteiger partial charge in [0, 0.05) is 27.2 Å². The van der Waals surface area contributed by atoms with E-state index in [0.29, 0.717) is 18.9 Å². The molecular weight excluding hydrogens is 384 g/mol. The van der Waals surface area contributed by atoms with Gasteiger partial charge in [0.1, 0.15) is 11.5 Å². The number of unbranched alkanes of at least 4 members (excludes halogenated alkanes) is 8. The van der Waals surface area contributed by atoms with Crippen LogP contribution < -0.4 is 32.1 Å². The smallest absolute Gasteiger partial charge is 0.329 e. The SMILES string of the molecule is CC(N)C(=O)NCCCCCCCCCCCN1CN(C)c2c1n(C)c(=O)[nH]c2=O. The Morgan fingerprint density at radius 1 is 1.03 bits per heavy atom. The number of fused-ring (bicyclic) bond motifs is 1. The van der Waals surface area contributed by atoms with Crippen LogP contribution in [0.15, 0.2) is 9.59 Å². The number of nitrogens with two attached hydrogens (primary N) is 1. The van der Waals surface area contributed by atoms with Gasteiger partial charge < -0.3 is 20.9 Å². The van der Waals surface area contributed by atoms with Crippen molar-refractivity contribution in [2.45, 2.75) is 70.8 Å². The Balaban J connectivity index is 1.54. The van der Waals surface area contributed by atoms with Crippen molar-refractivity contribution < 1.29 is 4.79 Å². The third kappa shape index (κ3) is 6.62. The highest BCUT2D eigenvalue weighted by Gasteiger charge is 2.28. The van der Waals surface area contributed by atoms with Gasteiger partial charge in [-0.2, -0.15) is 0 Å². The predicted molar refractivity (Wildman–Crippen MR) is 121 cm³/mol. The molecule has 0 saturated carbocycles. The first-order valence-electron chi connectivity index (χ1n) is 11.2. The minimum Gasteiger partial charge on any atom is -0.355 e. The molecule has 1 aromatic rings. The average Bonchev–Trinajstić information content (AvgIpc) is 3.03. The Kier molecular flexibility index (Phi) is 9.42. The van der Waals surface area contributed by atoms with Crippen molar-refractivity contribution in [2.24, 2.45) is 12.8 Å². The molecule has 9 nitrogen and oxygen atoms in total. The molecule has 0 fully saturated rings. The Hall–Kier alpha value is -2.29. The zero-order valence-corrected chi connectivity index (χ0v) is 18.7. The highest BCUT2D eigenvalue weighted by molar-refractivity contribution is 5.80. The van der Waals surface area contributed by atoms with Crippen LogP contribution in [0.4, 0.5) is 11.5 Å². The summed E-state index contributed by atoms with van der Waals surface area (Å²) in [6.45, 7) is 3.90. The summed E-state index contributed by atoms with van der Waals surface area (Å²) in [5, 5.41) is 2.84. The van der Waals surface area contributed by atoms with Gasteiger partial charge in [-0.15, -0.1) is 0 Å². The van der Waals surface area contributed by atoms with Crippen LogP contribution in [0.3, 0.4) is 0 Å². The highest BCUT2D eigenvalue weighted by Crippen LogP contribution is 2.29. The number of carbonyl (C=O) groups is 1. The number of carbonyl (C=O) groups excluding carboxylic acids is 1. The number of aromatic amines is 1. The third-order valence-corrected chi connectivity index (χ3v) is 5.65. The second-order valence-electron chi connectivity index (χ2n) is 8.36. The second-order valence-corrected chi connectivity index (χ2v) is 8.36. The number of aromatic nitrogens is 2. The molecule has 0 spiro atoms. The molecule has 1 aromatic heterocycles. The average molecular weight is 423 g/mol. The summed E-state index contributed by atoms with van der Waals surface area (Å²) in [7, 11) is 3.58. The maximum atomic E-state index is 12.1. The first-order valence-corrected chi connectivity index (χ1v) is 11.2. The van der Waals surface area contributed by atoms with Crippen LogP contribution in [0.5, 0.6) is 0 Å². The minimum atomic E-state index is -0.430. The molecule has 30 heavy (non-hydrogen) atoms. The van der Waals surface area contributed by atoms with Gasteiger partial charge in [0.25, 0.3) is 5.56 Å². The van der Waals surface area contributed by atoms with Crippen molar-refractivity contribution in [1.82, 2.24) is 14.9 Å². The lowest BCUT2D eigenvalue weighted by Crippen LogP contribution is -2.38. The van der Waals surface area contributed by atoms with Crippen molar-refractivity contribution in [3.05, 3.63) is 20.8 Å². The molecule has 170 valence electrons. The van der Waals surface area contributed by atoms with E-state index in [1.807, 2.05) is 11.9 Å². The summed E-state index contributed by atoms with van der Waals surface area (Å²) in [4.78, 5) is 41.7. The van der Waals surface area contributed by atoms with Crippen molar-refractivity contribution in [3.8, 4) is 0 Å². The predicted octanol–water partition coefficient (Wildman–Crippen LogP) is 1.26. The van der Waals surface area contributed by atoms with Gasteiger partial charge >= 0.3 is 5.69 Å². The summed E-state index contributed by atoms with van der Waals surface area (Å²) in [6.07, 6.45) is 10.5. The summed E-state index contributed by atoms with van der Waals surface area (Å²) in [5.41, 5.74) is 5.41. The van der Waals surface area contributed by atoms with E-state index in [2.05, 4.69) is 15.2 Å². The summed E-state index contributed by atoms with van der Waals surface area (Å²) in [6, 6.07) is -0.430. The second kappa shape index (κ2) is 11.8. The maximum absolute atomic E-state index is 12.1. The molecule has 1 aliphatic rings. The fourth-order valence-corrected chi connectivity index (χ4v) is 3.91. The number of nitrogens with one attached hydrogen (secondary N) is 2. The van der Waals surface area contributed by atoms with Gasteiger partial charge in [-0.05, 0) is 19.8 Å². The molecule has 0 bridgehead atoms. The summed E-state index contributed by atoms with van der Waals surface area (Å²) >= 11 is 0. The fraction of sp³-hybridized carbons (Fsp3) is 0.762. The lowest BCUT2D eigenvalue weighted by molar-refractivity contribution is -0.121. The summed E-state index contributed by atoms with van der Waals surface area (Å²) in [5.74, 6) is 0.649. The highest BCUT2D eigenvalue weighted by atomic mass is 16.2. The van der Waals surface area contributed by atoms with Crippen LogP contribution in [0.1, 0.15) is 64.7 Å². The minimum absolute atomic E-state index is 0.0758. The van der Waals surface area contributed by atoms with Crippen molar-refractivity contribution in [2.75, 3.05) is 36.6 Å². The molecule has 0 aliphatic carbocycles. The Bertz CT molecular complexity index is 801. The van der Waals surface area contributed by atoms with Gasteiger partial charge in [-0.3, -0.25) is 19.1 Å². The molecule has 1 amide bonds. The molecule has 4 N–H and O–H groups in total. The number of hydrogen-bond donors (Lipinski definition) is 3. The van der Waals surface area contributed by atoms with Crippen LogP contribution in [-0.4, -0.2) is 48.3 Å². The van der Waals surface area contributed by atoms with Crippen LogP contribution in [0, 0.1) is 0 Å². The molecule has 0 saturated heterocycles. The number of amides is 1. The molecule has 2 rings (SSSR count). The van der Waals surface area contributed by atoms with E-state index in [9.17, 15) is 14.4 Å². The van der Waals surface area contributed by atoms with E-state index in [4.69, 9.17) is 5.73 Å². The van der Waals surface area contributed by atoms with E-state index in [1.54, 1.807) is 14.0 Å². The van der Waals surface area contributed by atoms with Crippen molar-refractivity contribution in [1.29, 1.82) is 0 Å². The van der Waals surface area contributed by atoms with E-state index in [1.165, 1.54) is 36.7 Å². The normalized spacial score (nSPS) is 14.1. The van der Waals surface area contributed by atoms with Crippen molar-refractivity contribution in [3.63, 3.8) is 0 Å². The number of rotatable bonds is 13. The molecule has 0 aromatic carbocycles. The van der Waals surface area contributed by atoms with Gasteiger partial charge in [0.2, 0.25) is 5.91 Å². The Morgan fingerprint density at radius 2 is 1.60 bits per heavy atom. The molecule has 2 heterocycles. The molecule has 1 atom stereocenters. The standard InChI is InChI=1S/C21H38N6O3/c1-16(22)18(28)23-13-11-9-7-5-4-6-8-10-12-14-27-15-25(2)17-19(29)24-21(30)26(3)20(17)27/h16H,4-15,22H2,1-3H3,(H,23,28)(H,24,29,30). The van der Waals surface area contributed by atoms with E-state index in [0.717, 1.165) is 38.0 Å². The zero-order valence-electron chi connectivity index (χ0n) is 18.7. The van der Waals surface area contributed by atoms with Crippen LogP contribution >= 0.6 is 0 Å². The Labute approximate surface area is 178 Å². The molecule has 9 heteroatoms. The van der Waals surface area contributed by atoms with Gasteiger partial charge in [0.15, 0.2) is 0 Å². The number of H-pyrrole nitrogens is 1. The zero-order chi connectivity index (χ0) is 22.1. The monoisotopic (exact) mass is 422 g/mol. The van der Waals surface area contributed by atoms with Crippen molar-refractivity contribution >= 4 is 17.4 Å². The van der Waals surface area contributed by atoms with Gasteiger partial charge in [0.05, 0.1) is 12.7 Å². The third-order valence-electron chi connectivity index (χ3n) is 5.65. The first kappa shape index (κ1) is 24.0. The molecular formula is C21H38N6O3. The largest absolute Gasteiger partial charge is 0.355 e. The number of hydrogen-bond acceptors (Lipinski definition) is 6. The van der Waals surface area contributed by atoms with Gasteiger partial charge in [-0.25, -0.2) is 4.79 Å². The molecule has 0 radical (unpaired) electrons. The molecule has 1 unspecified atom stereocenters. The molecule has 1 aliphatic heterocycles. The first-order chi connectivity index (χ1) is 14.3. The number of nitrogens with zero attached hydrogens (tertiary/aromatic N) is 3. The van der Waals surface area contributed by atoms with Gasteiger partial charge in [-0.1, -0.05) is 44.9 Å². The van der Waals surface area contributed by atoms with Crippen LogP contribution in [0.2, 0.25) is 0 Å². The number of anilines is 2.